The van der Waals surface area contributed by atoms with Crippen molar-refractivity contribution in [2.75, 3.05) is 13.2 Å². The van der Waals surface area contributed by atoms with Gasteiger partial charge in [0.25, 0.3) is 0 Å². The highest BCUT2D eigenvalue weighted by atomic mass is 16.7. The van der Waals surface area contributed by atoms with Gasteiger partial charge in [-0.15, -0.1) is 0 Å². The van der Waals surface area contributed by atoms with Gasteiger partial charge in [-0.05, 0) is 66.1 Å². The molecule has 1 amide bonds. The topological polar surface area (TPSA) is 169 Å². The van der Waals surface area contributed by atoms with Crippen molar-refractivity contribution >= 4 is 5.91 Å². The second-order valence-corrected chi connectivity index (χ2v) is 18.3. The number of nitrogens with one attached hydrogen (secondary N) is 1. The molecule has 0 aromatic heterocycles. The Morgan fingerprint density at radius 2 is 1.19 bits per heavy atom. The molecule has 7 N–H and O–H groups in total. The molecule has 6 saturated carbocycles. The average molecular weight is 750 g/mol. The lowest BCUT2D eigenvalue weighted by atomic mass is 8.96. The van der Waals surface area contributed by atoms with Crippen LogP contribution in [0.5, 0.6) is 0 Å². The Bertz CT molecular complexity index is 1070. The Hall–Kier alpha value is -0.850. The number of carbonyl (C=O) groups excluding carboxylic acids is 1. The molecule has 0 spiro atoms. The van der Waals surface area contributed by atoms with Gasteiger partial charge in [0.05, 0.1) is 25.4 Å². The molecule has 7 fully saturated rings. The maximum atomic E-state index is 13.0. The zero-order valence-corrected chi connectivity index (χ0v) is 32.7. The minimum atomic E-state index is -1.60. The number of unbranched alkanes of at least 4 members (excludes halogenated alkanes) is 18. The van der Waals surface area contributed by atoms with Crippen molar-refractivity contribution < 1.29 is 44.9 Å². The van der Waals surface area contributed by atoms with Crippen LogP contribution in [0.2, 0.25) is 0 Å². The maximum absolute atomic E-state index is 13.0. The predicted molar refractivity (Wildman–Crippen MR) is 202 cm³/mol. The van der Waals surface area contributed by atoms with Crippen molar-refractivity contribution in [3.8, 4) is 0 Å². The molecule has 1 aliphatic heterocycles. The number of rotatable bonds is 31. The zero-order chi connectivity index (χ0) is 37.5. The van der Waals surface area contributed by atoms with Gasteiger partial charge in [-0.25, -0.2) is 0 Å². The normalized spacial score (nSPS) is 38.4. The zero-order valence-electron chi connectivity index (χ0n) is 32.7. The fraction of sp³-hybridized carbons (Fsp3) is 0.977. The van der Waals surface area contributed by atoms with E-state index in [1.807, 2.05) is 0 Å². The van der Waals surface area contributed by atoms with Gasteiger partial charge >= 0.3 is 0 Å². The number of hydrogen-bond acceptors (Lipinski definition) is 9. The van der Waals surface area contributed by atoms with Crippen LogP contribution in [0.1, 0.15) is 155 Å². The van der Waals surface area contributed by atoms with E-state index in [1.165, 1.54) is 138 Å². The highest BCUT2D eigenvalue weighted by molar-refractivity contribution is 5.76. The predicted octanol–water partition coefficient (Wildman–Crippen LogP) is 5.37. The summed E-state index contributed by atoms with van der Waals surface area (Å²) in [6.07, 6.45) is 16.3. The summed E-state index contributed by atoms with van der Waals surface area (Å²) < 4.78 is 11.2. The molecule has 0 bridgehead atoms. The molecule has 8 atom stereocenters. The van der Waals surface area contributed by atoms with Crippen LogP contribution >= 0.6 is 0 Å². The van der Waals surface area contributed by atoms with E-state index in [9.17, 15) is 35.4 Å². The summed E-state index contributed by atoms with van der Waals surface area (Å²) in [4.78, 5) is 13.0. The molecular formula is C43H75NO9. The van der Waals surface area contributed by atoms with Crippen LogP contribution < -0.4 is 5.32 Å². The van der Waals surface area contributed by atoms with E-state index < -0.39 is 55.6 Å². The molecule has 1 heterocycles. The largest absolute Gasteiger partial charge is 0.394 e. The van der Waals surface area contributed by atoms with Crippen LogP contribution in [0, 0.1) is 46.8 Å². The molecular weight excluding hydrogens is 674 g/mol. The van der Waals surface area contributed by atoms with Gasteiger partial charge in [0.15, 0.2) is 6.29 Å². The third-order valence-electron chi connectivity index (χ3n) is 15.2. The van der Waals surface area contributed by atoms with E-state index >= 15 is 0 Å². The highest BCUT2D eigenvalue weighted by Crippen LogP contribution is 3.06. The highest BCUT2D eigenvalue weighted by Gasteiger charge is 3.03. The molecule has 0 unspecified atom stereocenters. The summed E-state index contributed by atoms with van der Waals surface area (Å²) in [5.74, 6) is 8.06. The maximum Gasteiger partial charge on any atom is 0.220 e. The fourth-order valence-corrected chi connectivity index (χ4v) is 12.5. The van der Waals surface area contributed by atoms with Gasteiger partial charge in [-0.3, -0.25) is 4.79 Å². The second kappa shape index (κ2) is 19.5. The summed E-state index contributed by atoms with van der Waals surface area (Å²) >= 11 is 0. The molecule has 6 aliphatic carbocycles. The van der Waals surface area contributed by atoms with Crippen molar-refractivity contribution in [2.24, 2.45) is 46.8 Å². The summed E-state index contributed by atoms with van der Waals surface area (Å²) in [6.45, 7) is 1.36. The number of hydrogen-bond donors (Lipinski definition) is 7. The van der Waals surface area contributed by atoms with Crippen molar-refractivity contribution in [1.82, 2.24) is 5.32 Å². The standard InChI is InChI=1S/C43H75NO9/c1-2-3-4-5-6-7-8-9-10-13-16-19-22-28(46)38(48)27(26-52-42-41(51)40(50)39(49)29(25-45)53-42)44-30(47)23-20-17-14-11-12-15-18-21-24-43-35-32-31-33(35)37(43)34(31)36(32)43/h27-29,31-42,45-46,48-51H,2-26H2,1H3,(H,44,47)/t27-,28+,29+,31?,32?,33?,34?,35?,36?,37?,38-,39-,40-,41+,42-,43?/m0/s1. The van der Waals surface area contributed by atoms with Crippen LogP contribution in [-0.4, -0.2) is 98.7 Å². The molecule has 0 radical (unpaired) electrons. The molecule has 7 aliphatic rings. The van der Waals surface area contributed by atoms with Gasteiger partial charge in [0.1, 0.15) is 30.5 Å². The van der Waals surface area contributed by atoms with E-state index in [-0.39, 0.29) is 12.5 Å². The van der Waals surface area contributed by atoms with Crippen LogP contribution in [0.25, 0.3) is 0 Å². The van der Waals surface area contributed by atoms with E-state index in [1.54, 1.807) is 0 Å². The van der Waals surface area contributed by atoms with Gasteiger partial charge in [0, 0.05) is 6.42 Å². The lowest BCUT2D eigenvalue weighted by Crippen LogP contribution is -3.05. The molecule has 7 rings (SSSR count). The monoisotopic (exact) mass is 750 g/mol. The number of amides is 1. The van der Waals surface area contributed by atoms with E-state index in [0.717, 1.165) is 43.9 Å². The first-order chi connectivity index (χ1) is 25.8. The van der Waals surface area contributed by atoms with E-state index in [2.05, 4.69) is 12.2 Å². The molecule has 0 aromatic carbocycles. The summed E-state index contributed by atoms with van der Waals surface area (Å²) in [6, 6.07) is -0.977. The third kappa shape index (κ3) is 8.56. The number of carbonyl (C=O) groups is 1. The van der Waals surface area contributed by atoms with Crippen molar-refractivity contribution in [3.05, 3.63) is 0 Å². The minimum Gasteiger partial charge on any atom is -0.394 e. The molecule has 53 heavy (non-hydrogen) atoms. The summed E-state index contributed by atoms with van der Waals surface area (Å²) in [5.41, 5.74) is 0.862. The first-order valence-electron chi connectivity index (χ1n) is 22.4. The quantitative estimate of drug-likeness (QED) is 0.0461. The number of aliphatic hydroxyl groups excluding tert-OH is 6. The first kappa shape index (κ1) is 41.8. The average Bonchev–Trinajstić information content (AvgIpc) is 3.17. The van der Waals surface area contributed by atoms with E-state index in [0.29, 0.717) is 12.8 Å². The smallest absolute Gasteiger partial charge is 0.220 e. The van der Waals surface area contributed by atoms with Gasteiger partial charge in [-0.1, -0.05) is 129 Å². The first-order valence-corrected chi connectivity index (χ1v) is 22.4. The van der Waals surface area contributed by atoms with Crippen LogP contribution in [0.3, 0.4) is 0 Å². The molecule has 0 aromatic rings. The van der Waals surface area contributed by atoms with Crippen molar-refractivity contribution in [1.29, 1.82) is 0 Å². The third-order valence-corrected chi connectivity index (χ3v) is 15.2. The SMILES string of the molecule is CCCCCCCCCCCCCC[C@@H](O)[C@@H](O)[C@H](CO[C@H]1O[C@H](CO)[C@H](O)[C@H](O)[C@H]1O)NC(=O)CCCCCCCCCCC12C3C4C5C3C1C5C42. The number of aliphatic hydroxyl groups is 6. The van der Waals surface area contributed by atoms with Crippen molar-refractivity contribution in [3.63, 3.8) is 0 Å². The lowest BCUT2D eigenvalue weighted by molar-refractivity contribution is -0.616. The Morgan fingerprint density at radius 1 is 0.679 bits per heavy atom. The molecule has 1 saturated heterocycles. The van der Waals surface area contributed by atoms with Crippen LogP contribution in [0.4, 0.5) is 0 Å². The van der Waals surface area contributed by atoms with E-state index in [4.69, 9.17) is 9.47 Å². The van der Waals surface area contributed by atoms with Gasteiger partial charge < -0.3 is 45.4 Å². The Balaban J connectivity index is 0.832. The van der Waals surface area contributed by atoms with Gasteiger partial charge in [0.2, 0.25) is 5.91 Å². The summed E-state index contributed by atoms with van der Waals surface area (Å²) in [7, 11) is 0. The molecule has 306 valence electrons. The molecule has 10 heteroatoms. The van der Waals surface area contributed by atoms with Crippen molar-refractivity contribution in [2.45, 2.75) is 204 Å². The Morgan fingerprint density at radius 3 is 1.74 bits per heavy atom. The van der Waals surface area contributed by atoms with Gasteiger partial charge in [-0.2, -0.15) is 0 Å². The lowest BCUT2D eigenvalue weighted by Gasteiger charge is -3.08. The Labute approximate surface area is 319 Å². The fourth-order valence-electron chi connectivity index (χ4n) is 12.5. The number of ether oxygens (including phenoxy) is 2. The van der Waals surface area contributed by atoms with Crippen LogP contribution in [0.15, 0.2) is 0 Å². The molecule has 10 nitrogen and oxygen atoms in total. The second-order valence-electron chi connectivity index (χ2n) is 18.3. The Kier molecular flexibility index (Phi) is 15.4. The summed E-state index contributed by atoms with van der Waals surface area (Å²) in [5, 5.41) is 65.2. The minimum absolute atomic E-state index is 0.244. The van der Waals surface area contributed by atoms with Crippen LogP contribution in [-0.2, 0) is 14.3 Å².